The fourth-order valence-corrected chi connectivity index (χ4v) is 1.06. The van der Waals surface area contributed by atoms with Crippen LogP contribution in [0.4, 0.5) is 0 Å². The third-order valence-corrected chi connectivity index (χ3v) is 2.07. The fourth-order valence-electron chi connectivity index (χ4n) is 1.06. The molecule has 0 aromatic heterocycles. The maximum atomic E-state index is 11.2. The number of amides is 1. The van der Waals surface area contributed by atoms with Gasteiger partial charge in [0.1, 0.15) is 0 Å². The van der Waals surface area contributed by atoms with Crippen molar-refractivity contribution >= 4 is 5.91 Å². The highest BCUT2D eigenvalue weighted by atomic mass is 16.2. The summed E-state index contributed by atoms with van der Waals surface area (Å²) < 4.78 is 0. The van der Waals surface area contributed by atoms with Crippen molar-refractivity contribution in [1.29, 1.82) is 0 Å². The van der Waals surface area contributed by atoms with E-state index in [1.165, 1.54) is 0 Å². The van der Waals surface area contributed by atoms with Gasteiger partial charge in [0.2, 0.25) is 5.91 Å². The highest BCUT2D eigenvalue weighted by molar-refractivity contribution is 5.75. The van der Waals surface area contributed by atoms with Crippen molar-refractivity contribution in [1.82, 2.24) is 10.2 Å². The zero-order valence-electron chi connectivity index (χ0n) is 9.34. The number of nitrogens with one attached hydrogen (secondary N) is 1. The van der Waals surface area contributed by atoms with Crippen LogP contribution in [0, 0.1) is 12.3 Å². The number of nitrogens with zero attached hydrogens (tertiary/aromatic N) is 1. The summed E-state index contributed by atoms with van der Waals surface area (Å²) in [7, 11) is 3.54. The second-order valence-corrected chi connectivity index (χ2v) is 3.47. The minimum Gasteiger partial charge on any atom is -0.349 e. The molecule has 14 heavy (non-hydrogen) atoms. The van der Waals surface area contributed by atoms with Gasteiger partial charge in [0.25, 0.3) is 0 Å². The number of hydrogen-bond acceptors (Lipinski definition) is 2. The molecule has 0 saturated carbocycles. The molecule has 0 radical (unpaired) electrons. The second-order valence-electron chi connectivity index (χ2n) is 3.47. The lowest BCUT2D eigenvalue weighted by Crippen LogP contribution is -2.29. The quantitative estimate of drug-likeness (QED) is 0.505. The Morgan fingerprint density at radius 1 is 1.57 bits per heavy atom. The molecule has 0 bridgehead atoms. The molecule has 0 aliphatic heterocycles. The molecule has 0 rings (SSSR count). The third-order valence-electron chi connectivity index (χ3n) is 2.07. The monoisotopic (exact) mass is 196 g/mol. The van der Waals surface area contributed by atoms with Gasteiger partial charge in [-0.3, -0.25) is 4.79 Å². The van der Waals surface area contributed by atoms with Crippen molar-refractivity contribution in [3.8, 4) is 12.3 Å². The van der Waals surface area contributed by atoms with Gasteiger partial charge < -0.3 is 10.2 Å². The predicted molar refractivity (Wildman–Crippen MR) is 58.8 cm³/mol. The predicted octanol–water partition coefficient (Wildman–Crippen LogP) is 0.856. The second kappa shape index (κ2) is 7.40. The van der Waals surface area contributed by atoms with E-state index in [1.54, 1.807) is 19.0 Å². The van der Waals surface area contributed by atoms with Gasteiger partial charge in [-0.1, -0.05) is 12.8 Å². The van der Waals surface area contributed by atoms with Crippen molar-refractivity contribution in [2.45, 2.75) is 32.2 Å². The van der Waals surface area contributed by atoms with Crippen LogP contribution >= 0.6 is 0 Å². The van der Waals surface area contributed by atoms with E-state index in [4.69, 9.17) is 6.42 Å². The van der Waals surface area contributed by atoms with E-state index in [9.17, 15) is 4.79 Å². The van der Waals surface area contributed by atoms with Gasteiger partial charge in [0.15, 0.2) is 0 Å². The number of hydrogen-bond donors (Lipinski definition) is 1. The van der Waals surface area contributed by atoms with Crippen molar-refractivity contribution in [3.05, 3.63) is 0 Å². The Labute approximate surface area is 86.9 Å². The molecule has 1 N–H and O–H groups in total. The first kappa shape index (κ1) is 13.0. The van der Waals surface area contributed by atoms with E-state index >= 15 is 0 Å². The largest absolute Gasteiger partial charge is 0.349 e. The molecule has 0 spiro atoms. The Morgan fingerprint density at radius 3 is 2.64 bits per heavy atom. The zero-order chi connectivity index (χ0) is 11.0. The Bertz CT molecular complexity index is 206. The highest BCUT2D eigenvalue weighted by Crippen LogP contribution is 1.94. The standard InChI is InChI=1S/C11H20N2O/c1-5-10(6-2)12-9-7-8-11(14)13(3)4/h1,10,12H,6-9H2,2-4H3. The number of terminal acetylenes is 1. The van der Waals surface area contributed by atoms with Crippen LogP contribution in [0.2, 0.25) is 0 Å². The van der Waals surface area contributed by atoms with E-state index in [0.29, 0.717) is 6.42 Å². The van der Waals surface area contributed by atoms with Crippen LogP contribution in [0.3, 0.4) is 0 Å². The maximum Gasteiger partial charge on any atom is 0.222 e. The van der Waals surface area contributed by atoms with Crippen molar-refractivity contribution in [2.24, 2.45) is 0 Å². The van der Waals surface area contributed by atoms with Crippen LogP contribution < -0.4 is 5.32 Å². The van der Waals surface area contributed by atoms with Gasteiger partial charge in [-0.25, -0.2) is 0 Å². The normalized spacial score (nSPS) is 11.9. The summed E-state index contributed by atoms with van der Waals surface area (Å²) in [5.41, 5.74) is 0. The van der Waals surface area contributed by atoms with E-state index < -0.39 is 0 Å². The summed E-state index contributed by atoms with van der Waals surface area (Å²) in [4.78, 5) is 12.8. The average molecular weight is 196 g/mol. The summed E-state index contributed by atoms with van der Waals surface area (Å²) in [5.74, 6) is 2.82. The molecule has 1 atom stereocenters. The summed E-state index contributed by atoms with van der Waals surface area (Å²) in [6.45, 7) is 2.85. The lowest BCUT2D eigenvalue weighted by molar-refractivity contribution is -0.128. The Balaban J connectivity index is 3.47. The Morgan fingerprint density at radius 2 is 2.21 bits per heavy atom. The molecule has 0 heterocycles. The Kier molecular flexibility index (Phi) is 6.87. The van der Waals surface area contributed by atoms with Gasteiger partial charge in [-0.15, -0.1) is 6.42 Å². The van der Waals surface area contributed by atoms with Gasteiger partial charge in [-0.2, -0.15) is 0 Å². The van der Waals surface area contributed by atoms with Gasteiger partial charge in [0, 0.05) is 20.5 Å². The molecule has 0 aliphatic carbocycles. The summed E-state index contributed by atoms with van der Waals surface area (Å²) in [5, 5.41) is 3.21. The summed E-state index contributed by atoms with van der Waals surface area (Å²) >= 11 is 0. The van der Waals surface area contributed by atoms with Crippen molar-refractivity contribution < 1.29 is 4.79 Å². The maximum absolute atomic E-state index is 11.2. The van der Waals surface area contributed by atoms with E-state index in [0.717, 1.165) is 19.4 Å². The first-order valence-corrected chi connectivity index (χ1v) is 5.01. The van der Waals surface area contributed by atoms with Crippen molar-refractivity contribution in [3.63, 3.8) is 0 Å². The minimum atomic E-state index is 0.143. The highest BCUT2D eigenvalue weighted by Gasteiger charge is 2.04. The third kappa shape index (κ3) is 5.60. The van der Waals surface area contributed by atoms with Gasteiger partial charge in [0.05, 0.1) is 6.04 Å². The van der Waals surface area contributed by atoms with E-state index in [1.807, 2.05) is 6.92 Å². The molecule has 80 valence electrons. The fraction of sp³-hybridized carbons (Fsp3) is 0.727. The summed E-state index contributed by atoms with van der Waals surface area (Å²) in [6, 6.07) is 0.143. The zero-order valence-corrected chi connectivity index (χ0v) is 9.34. The van der Waals surface area contributed by atoms with Crippen LogP contribution in [0.5, 0.6) is 0 Å². The van der Waals surface area contributed by atoms with Crippen LogP contribution in [-0.2, 0) is 4.79 Å². The molecule has 3 nitrogen and oxygen atoms in total. The Hall–Kier alpha value is -1.01. The van der Waals surface area contributed by atoms with Crippen LogP contribution in [0.1, 0.15) is 26.2 Å². The molecular formula is C11H20N2O. The van der Waals surface area contributed by atoms with Crippen LogP contribution in [-0.4, -0.2) is 37.5 Å². The molecule has 0 saturated heterocycles. The first-order chi connectivity index (χ1) is 6.61. The van der Waals surface area contributed by atoms with E-state index in [2.05, 4.69) is 11.2 Å². The molecule has 0 aromatic rings. The molecule has 0 aromatic carbocycles. The molecule has 0 fully saturated rings. The number of carbonyl (C=O) groups excluding carboxylic acids is 1. The first-order valence-electron chi connectivity index (χ1n) is 5.01. The SMILES string of the molecule is C#CC(CC)NCCCC(=O)N(C)C. The van der Waals surface area contributed by atoms with E-state index in [-0.39, 0.29) is 11.9 Å². The molecule has 1 unspecified atom stereocenters. The molecular weight excluding hydrogens is 176 g/mol. The topological polar surface area (TPSA) is 32.3 Å². The minimum absolute atomic E-state index is 0.143. The van der Waals surface area contributed by atoms with Gasteiger partial charge in [-0.05, 0) is 19.4 Å². The smallest absolute Gasteiger partial charge is 0.222 e. The summed E-state index contributed by atoms with van der Waals surface area (Å²) in [6.07, 6.45) is 7.64. The lowest BCUT2D eigenvalue weighted by Gasteiger charge is -2.12. The lowest BCUT2D eigenvalue weighted by atomic mass is 10.2. The molecule has 3 heteroatoms. The van der Waals surface area contributed by atoms with Crippen LogP contribution in [0.15, 0.2) is 0 Å². The number of carbonyl (C=O) groups is 1. The van der Waals surface area contributed by atoms with Crippen LogP contribution in [0.25, 0.3) is 0 Å². The van der Waals surface area contributed by atoms with Gasteiger partial charge >= 0.3 is 0 Å². The van der Waals surface area contributed by atoms with Crippen molar-refractivity contribution in [2.75, 3.05) is 20.6 Å². The number of rotatable bonds is 6. The average Bonchev–Trinajstić information content (AvgIpc) is 2.17. The molecule has 1 amide bonds. The molecule has 0 aliphatic rings.